The predicted octanol–water partition coefficient (Wildman–Crippen LogP) is 0.685. The fourth-order valence-electron chi connectivity index (χ4n) is 3.33. The average Bonchev–Trinajstić information content (AvgIpc) is 3.22. The molecule has 39 heavy (non-hydrogen) atoms. The Morgan fingerprint density at radius 2 is 1.56 bits per heavy atom. The first kappa shape index (κ1) is 30.8. The molecule has 5 amide bonds. The van der Waals surface area contributed by atoms with Crippen molar-refractivity contribution in [2.45, 2.75) is 45.1 Å². The van der Waals surface area contributed by atoms with E-state index in [1.165, 1.54) is 32.8 Å². The standard InChI is InChI=1S/C23H31N7O8S/c1-11(31)16(19(34)30(3)4)27-18(33)17-15(26-21(39-17)24-12(2)32)10-7-13-5-8-14(9-6-13)25-20(28-22(35)36)29-23(37)38/h5-6,8-9,11,16,20,25,28-29,31H,7,10H2,1-4H3,(H,27,33)(H,35,36)(H,37,38)(H,24,26,32)/t11-,16-/m0/s1. The van der Waals surface area contributed by atoms with Crippen LogP contribution in [0.5, 0.6) is 0 Å². The number of likely N-dealkylation sites (N-methyl/N-ethyl adjacent to an activating group) is 1. The third kappa shape index (κ3) is 9.75. The minimum absolute atomic E-state index is 0.177. The smallest absolute Gasteiger partial charge is 0.407 e. The quantitative estimate of drug-likeness (QED) is 0.168. The Labute approximate surface area is 227 Å². The number of aryl methyl sites for hydroxylation is 2. The average molecular weight is 566 g/mol. The zero-order valence-electron chi connectivity index (χ0n) is 21.6. The SMILES string of the molecule is CC(=O)Nc1nc(CCc2ccc(NC(NC(=O)O)NC(=O)O)cc2)c(C(=O)N[C@H](C(=O)N(C)C)[C@H](C)O)s1. The summed E-state index contributed by atoms with van der Waals surface area (Å²) in [6.07, 6.45) is -4.58. The monoisotopic (exact) mass is 565 g/mol. The van der Waals surface area contributed by atoms with Gasteiger partial charge in [-0.25, -0.2) is 14.6 Å². The van der Waals surface area contributed by atoms with Crippen LogP contribution in [0.4, 0.5) is 20.4 Å². The molecule has 1 aromatic heterocycles. The van der Waals surface area contributed by atoms with Gasteiger partial charge in [-0.05, 0) is 37.5 Å². The number of nitrogens with one attached hydrogen (secondary N) is 5. The molecule has 2 rings (SSSR count). The van der Waals surface area contributed by atoms with Crippen LogP contribution in [0.25, 0.3) is 0 Å². The van der Waals surface area contributed by atoms with Gasteiger partial charge in [0, 0.05) is 26.7 Å². The number of rotatable bonds is 12. The van der Waals surface area contributed by atoms with Gasteiger partial charge in [-0.1, -0.05) is 23.5 Å². The lowest BCUT2D eigenvalue weighted by atomic mass is 10.1. The van der Waals surface area contributed by atoms with E-state index >= 15 is 0 Å². The second-order valence-electron chi connectivity index (χ2n) is 8.57. The van der Waals surface area contributed by atoms with Gasteiger partial charge in [0.25, 0.3) is 5.91 Å². The zero-order chi connectivity index (χ0) is 29.3. The van der Waals surface area contributed by atoms with Crippen molar-refractivity contribution in [2.24, 2.45) is 0 Å². The molecule has 0 unspecified atom stereocenters. The van der Waals surface area contributed by atoms with E-state index in [1.54, 1.807) is 24.3 Å². The summed E-state index contributed by atoms with van der Waals surface area (Å²) < 4.78 is 0. The number of carbonyl (C=O) groups excluding carboxylic acids is 3. The topological polar surface area (TPSA) is 222 Å². The Hall–Kier alpha value is -4.44. The number of nitrogens with zero attached hydrogens (tertiary/aromatic N) is 2. The molecule has 2 atom stereocenters. The lowest BCUT2D eigenvalue weighted by Crippen LogP contribution is -2.52. The van der Waals surface area contributed by atoms with Gasteiger partial charge in [0.1, 0.15) is 10.9 Å². The van der Waals surface area contributed by atoms with E-state index in [9.17, 15) is 29.1 Å². The van der Waals surface area contributed by atoms with Crippen LogP contribution in [0.3, 0.4) is 0 Å². The Balaban J connectivity index is 2.18. The molecule has 16 heteroatoms. The van der Waals surface area contributed by atoms with E-state index in [-0.39, 0.29) is 22.3 Å². The summed E-state index contributed by atoms with van der Waals surface area (Å²) in [5.41, 5.74) is 1.63. The number of amides is 5. The van der Waals surface area contributed by atoms with Crippen molar-refractivity contribution in [3.63, 3.8) is 0 Å². The summed E-state index contributed by atoms with van der Waals surface area (Å²) in [6.45, 7) is 2.69. The summed E-state index contributed by atoms with van der Waals surface area (Å²) >= 11 is 0.942. The van der Waals surface area contributed by atoms with E-state index < -0.39 is 42.4 Å². The Morgan fingerprint density at radius 3 is 2.05 bits per heavy atom. The molecular formula is C23H31N7O8S. The first-order valence-electron chi connectivity index (χ1n) is 11.6. The number of anilines is 2. The molecule has 0 radical (unpaired) electrons. The summed E-state index contributed by atoms with van der Waals surface area (Å²) in [7, 11) is 3.01. The summed E-state index contributed by atoms with van der Waals surface area (Å²) in [6, 6.07) is 5.50. The van der Waals surface area contributed by atoms with E-state index in [2.05, 4.69) is 20.9 Å². The van der Waals surface area contributed by atoms with Crippen molar-refractivity contribution in [1.29, 1.82) is 0 Å². The number of aliphatic hydroxyl groups is 1. The number of hydrogen-bond donors (Lipinski definition) is 8. The number of aromatic nitrogens is 1. The normalized spacial score (nSPS) is 12.2. The summed E-state index contributed by atoms with van der Waals surface area (Å²) in [5.74, 6) is -1.48. The van der Waals surface area contributed by atoms with Crippen LogP contribution in [0, 0.1) is 0 Å². The van der Waals surface area contributed by atoms with Crippen molar-refractivity contribution in [3.8, 4) is 0 Å². The molecule has 15 nitrogen and oxygen atoms in total. The number of carbonyl (C=O) groups is 5. The number of aliphatic hydroxyl groups excluding tert-OH is 1. The van der Waals surface area contributed by atoms with Crippen LogP contribution >= 0.6 is 11.3 Å². The van der Waals surface area contributed by atoms with Gasteiger partial charge in [0.2, 0.25) is 11.8 Å². The minimum atomic E-state index is -1.43. The Bertz CT molecular complexity index is 1180. The van der Waals surface area contributed by atoms with Crippen molar-refractivity contribution in [2.75, 3.05) is 24.7 Å². The van der Waals surface area contributed by atoms with Gasteiger partial charge in [0.05, 0.1) is 11.8 Å². The molecule has 0 spiro atoms. The molecule has 212 valence electrons. The third-order valence-corrected chi connectivity index (χ3v) is 6.13. The second-order valence-corrected chi connectivity index (χ2v) is 9.57. The minimum Gasteiger partial charge on any atom is -0.465 e. The Morgan fingerprint density at radius 1 is 0.974 bits per heavy atom. The van der Waals surface area contributed by atoms with Gasteiger partial charge in [-0.2, -0.15) is 0 Å². The molecule has 0 aliphatic heterocycles. The van der Waals surface area contributed by atoms with Crippen LogP contribution in [-0.4, -0.2) is 87.6 Å². The van der Waals surface area contributed by atoms with Crippen LogP contribution in [-0.2, 0) is 22.4 Å². The number of hydrogen-bond acceptors (Lipinski definition) is 9. The highest BCUT2D eigenvalue weighted by molar-refractivity contribution is 7.17. The van der Waals surface area contributed by atoms with Gasteiger partial charge in [0.15, 0.2) is 11.4 Å². The molecule has 0 saturated heterocycles. The molecule has 0 bridgehead atoms. The third-order valence-electron chi connectivity index (χ3n) is 5.11. The number of benzene rings is 1. The molecule has 1 aromatic carbocycles. The maximum absolute atomic E-state index is 13.1. The van der Waals surface area contributed by atoms with Gasteiger partial charge < -0.3 is 36.2 Å². The molecule has 0 aliphatic carbocycles. The molecular weight excluding hydrogens is 534 g/mol. The first-order valence-corrected chi connectivity index (χ1v) is 12.4. The van der Waals surface area contributed by atoms with Gasteiger partial charge >= 0.3 is 12.2 Å². The maximum atomic E-state index is 13.1. The Kier molecular flexibility index (Phi) is 11.0. The first-order chi connectivity index (χ1) is 18.3. The maximum Gasteiger partial charge on any atom is 0.407 e. The lowest BCUT2D eigenvalue weighted by Gasteiger charge is -2.23. The van der Waals surface area contributed by atoms with Crippen molar-refractivity contribution >= 4 is 52.1 Å². The largest absolute Gasteiger partial charge is 0.465 e. The summed E-state index contributed by atoms with van der Waals surface area (Å²) in [5, 5.41) is 39.7. The lowest BCUT2D eigenvalue weighted by molar-refractivity contribution is -0.133. The zero-order valence-corrected chi connectivity index (χ0v) is 22.5. The van der Waals surface area contributed by atoms with E-state index in [0.717, 1.165) is 16.9 Å². The molecule has 0 saturated carbocycles. The van der Waals surface area contributed by atoms with Crippen LogP contribution in [0.2, 0.25) is 0 Å². The molecule has 2 aromatic rings. The van der Waals surface area contributed by atoms with Crippen molar-refractivity contribution < 1.29 is 39.3 Å². The van der Waals surface area contributed by atoms with Gasteiger partial charge in [-0.3, -0.25) is 25.0 Å². The van der Waals surface area contributed by atoms with Crippen LogP contribution < -0.4 is 26.6 Å². The molecule has 1 heterocycles. The second kappa shape index (κ2) is 13.9. The number of carboxylic acid groups (broad SMARTS) is 2. The van der Waals surface area contributed by atoms with Gasteiger partial charge in [-0.15, -0.1) is 0 Å². The van der Waals surface area contributed by atoms with Crippen LogP contribution in [0.15, 0.2) is 24.3 Å². The van der Waals surface area contributed by atoms with E-state index in [4.69, 9.17) is 10.2 Å². The fraction of sp³-hybridized carbons (Fsp3) is 0.391. The predicted molar refractivity (Wildman–Crippen MR) is 142 cm³/mol. The highest BCUT2D eigenvalue weighted by Crippen LogP contribution is 2.25. The van der Waals surface area contributed by atoms with Crippen molar-refractivity contribution in [3.05, 3.63) is 40.4 Å². The van der Waals surface area contributed by atoms with Crippen LogP contribution in [0.1, 0.15) is 34.8 Å². The summed E-state index contributed by atoms with van der Waals surface area (Å²) in [4.78, 5) is 64.6. The van der Waals surface area contributed by atoms with E-state index in [1.807, 2.05) is 10.6 Å². The van der Waals surface area contributed by atoms with Crippen molar-refractivity contribution in [1.82, 2.24) is 25.8 Å². The molecule has 8 N–H and O–H groups in total. The number of thiazole rings is 1. The molecule has 0 aliphatic rings. The fourth-order valence-corrected chi connectivity index (χ4v) is 4.29. The highest BCUT2D eigenvalue weighted by Gasteiger charge is 2.29. The molecule has 0 fully saturated rings. The highest BCUT2D eigenvalue weighted by atomic mass is 32.1. The van der Waals surface area contributed by atoms with E-state index in [0.29, 0.717) is 17.8 Å².